The first-order valence-corrected chi connectivity index (χ1v) is 16.2. The van der Waals surface area contributed by atoms with Gasteiger partial charge in [-0.25, -0.2) is 13.2 Å². The molecule has 1 aromatic heterocycles. The van der Waals surface area contributed by atoms with Crippen LogP contribution < -0.4 is 10.9 Å². The second-order valence-corrected chi connectivity index (χ2v) is 14.0. The van der Waals surface area contributed by atoms with Crippen LogP contribution in [-0.2, 0) is 14.6 Å². The number of sulfone groups is 1. The van der Waals surface area contributed by atoms with Crippen LogP contribution >= 0.6 is 0 Å². The third-order valence-corrected chi connectivity index (χ3v) is 10.6. The van der Waals surface area contributed by atoms with Crippen molar-refractivity contribution in [2.45, 2.75) is 82.6 Å². The van der Waals surface area contributed by atoms with Crippen LogP contribution in [0.1, 0.15) is 68.8 Å². The normalized spacial score (nSPS) is 24.8. The fraction of sp³-hybridized carbons (Fsp3) is 0.621. The summed E-state index contributed by atoms with van der Waals surface area (Å²) in [5.74, 6) is -0.130. The van der Waals surface area contributed by atoms with Gasteiger partial charge in [-0.05, 0) is 69.9 Å². The molecule has 2 bridgehead atoms. The number of nitrogens with zero attached hydrogens (tertiary/aromatic N) is 3. The molecule has 3 aliphatic rings. The molecule has 1 aromatic carbocycles. The molecule has 3 saturated heterocycles. The smallest absolute Gasteiger partial charge is 0.409 e. The fourth-order valence-electron chi connectivity index (χ4n) is 6.93. The zero-order valence-electron chi connectivity index (χ0n) is 23.5. The SMILES string of the molecule is COC(=O)N(CCN1[C@@H]2CC[C@H]1CC(NC(=O)c1cc3ccccc3n(C(C)C)c1=O)C2)C1CCS(=O)(=O)CC1. The lowest BCUT2D eigenvalue weighted by atomic mass is 9.96. The van der Waals surface area contributed by atoms with Gasteiger partial charge in [-0.15, -0.1) is 0 Å². The van der Waals surface area contributed by atoms with Crippen LogP contribution in [0.4, 0.5) is 4.79 Å². The number of nitrogens with one attached hydrogen (secondary N) is 1. The summed E-state index contributed by atoms with van der Waals surface area (Å²) in [6, 6.07) is 9.65. The van der Waals surface area contributed by atoms with E-state index in [9.17, 15) is 22.8 Å². The van der Waals surface area contributed by atoms with Crippen LogP contribution in [0.25, 0.3) is 10.9 Å². The van der Waals surface area contributed by atoms with Crippen molar-refractivity contribution in [1.82, 2.24) is 19.7 Å². The monoisotopic (exact) mass is 572 g/mol. The Bertz CT molecular complexity index is 1410. The molecule has 3 aliphatic heterocycles. The summed E-state index contributed by atoms with van der Waals surface area (Å²) >= 11 is 0. The summed E-state index contributed by atoms with van der Waals surface area (Å²) in [6.07, 6.45) is 4.07. The lowest BCUT2D eigenvalue weighted by molar-refractivity contribution is 0.0682. The number of carbonyl (C=O) groups excluding carboxylic acids is 2. The average Bonchev–Trinajstić information content (AvgIpc) is 3.15. The maximum atomic E-state index is 13.4. The minimum atomic E-state index is -3.03. The van der Waals surface area contributed by atoms with E-state index in [0.717, 1.165) is 36.6 Å². The predicted molar refractivity (Wildman–Crippen MR) is 153 cm³/mol. The molecule has 2 amide bonds. The summed E-state index contributed by atoms with van der Waals surface area (Å²) in [4.78, 5) is 43.4. The third-order valence-electron chi connectivity index (χ3n) is 8.90. The van der Waals surface area contributed by atoms with Gasteiger partial charge in [0.25, 0.3) is 11.5 Å². The number of piperidine rings is 1. The Morgan fingerprint density at radius 3 is 2.35 bits per heavy atom. The average molecular weight is 573 g/mol. The van der Waals surface area contributed by atoms with Crippen LogP contribution in [0, 0.1) is 0 Å². The number of benzene rings is 1. The van der Waals surface area contributed by atoms with Gasteiger partial charge in [0.05, 0.1) is 24.1 Å². The van der Waals surface area contributed by atoms with Crippen molar-refractivity contribution in [3.63, 3.8) is 0 Å². The Kier molecular flexibility index (Phi) is 8.24. The Labute approximate surface area is 235 Å². The summed E-state index contributed by atoms with van der Waals surface area (Å²) in [5.41, 5.74) is 0.719. The molecule has 0 saturated carbocycles. The van der Waals surface area contributed by atoms with E-state index in [2.05, 4.69) is 10.2 Å². The molecule has 2 aromatic rings. The van der Waals surface area contributed by atoms with Gasteiger partial charge in [0.2, 0.25) is 0 Å². The summed E-state index contributed by atoms with van der Waals surface area (Å²) in [7, 11) is -1.67. The van der Waals surface area contributed by atoms with Gasteiger partial charge in [-0.3, -0.25) is 14.5 Å². The molecule has 11 heteroatoms. The first kappa shape index (κ1) is 28.6. The second kappa shape index (κ2) is 11.5. The summed E-state index contributed by atoms with van der Waals surface area (Å²) in [6.45, 7) is 5.05. The maximum absolute atomic E-state index is 13.4. The van der Waals surface area contributed by atoms with Crippen molar-refractivity contribution in [3.8, 4) is 0 Å². The first-order chi connectivity index (χ1) is 19.1. The second-order valence-electron chi connectivity index (χ2n) is 11.7. The molecule has 40 heavy (non-hydrogen) atoms. The van der Waals surface area contributed by atoms with Crippen molar-refractivity contribution in [3.05, 3.63) is 46.2 Å². The van der Waals surface area contributed by atoms with Crippen molar-refractivity contribution < 1.29 is 22.7 Å². The van der Waals surface area contributed by atoms with Crippen molar-refractivity contribution in [2.75, 3.05) is 31.7 Å². The lowest BCUT2D eigenvalue weighted by Gasteiger charge is -2.41. The largest absolute Gasteiger partial charge is 0.453 e. The highest BCUT2D eigenvalue weighted by Crippen LogP contribution is 2.36. The lowest BCUT2D eigenvalue weighted by Crippen LogP contribution is -2.54. The fourth-order valence-corrected chi connectivity index (χ4v) is 8.40. The number of methoxy groups -OCH3 is 1. The standard InChI is InChI=1S/C29H40N4O6S/c1-19(2)33-26-7-5-4-6-20(26)16-25(28(33)35)27(34)30-21-17-23-8-9-24(18-21)31(23)12-13-32(29(36)39-3)22-10-14-40(37,38)15-11-22/h4-7,16,19,21-24H,8-15,17-18H2,1-3H3,(H,30,34)/t21?,23-,24+. The van der Waals surface area contributed by atoms with Gasteiger partial charge < -0.3 is 19.5 Å². The molecule has 218 valence electrons. The summed E-state index contributed by atoms with van der Waals surface area (Å²) in [5, 5.41) is 4.02. The van der Waals surface area contributed by atoms with E-state index in [1.54, 1.807) is 15.5 Å². The highest BCUT2D eigenvalue weighted by Gasteiger charge is 2.42. The Morgan fingerprint density at radius 1 is 1.07 bits per heavy atom. The van der Waals surface area contributed by atoms with E-state index in [-0.39, 0.29) is 58.7 Å². The highest BCUT2D eigenvalue weighted by molar-refractivity contribution is 7.91. The molecule has 4 heterocycles. The number of carbonyl (C=O) groups is 2. The van der Waals surface area contributed by atoms with Gasteiger partial charge in [-0.2, -0.15) is 0 Å². The van der Waals surface area contributed by atoms with Crippen LogP contribution in [0.15, 0.2) is 35.1 Å². The molecule has 0 spiro atoms. The Morgan fingerprint density at radius 2 is 1.73 bits per heavy atom. The zero-order chi connectivity index (χ0) is 28.6. The van der Waals surface area contributed by atoms with Crippen LogP contribution in [-0.4, -0.2) is 90.7 Å². The topological polar surface area (TPSA) is 118 Å². The molecule has 3 fully saturated rings. The van der Waals surface area contributed by atoms with Gasteiger partial charge in [0.15, 0.2) is 0 Å². The van der Waals surface area contributed by atoms with Crippen molar-refractivity contribution >= 4 is 32.7 Å². The minimum absolute atomic E-state index is 0.0279. The predicted octanol–water partition coefficient (Wildman–Crippen LogP) is 2.95. The zero-order valence-corrected chi connectivity index (χ0v) is 24.4. The molecule has 1 N–H and O–H groups in total. The molecule has 5 rings (SSSR count). The Hall–Kier alpha value is -2.92. The number of ether oxygens (including phenoxy) is 1. The number of amides is 2. The van der Waals surface area contributed by atoms with Crippen molar-refractivity contribution in [2.24, 2.45) is 0 Å². The van der Waals surface area contributed by atoms with Crippen molar-refractivity contribution in [1.29, 1.82) is 0 Å². The molecule has 0 radical (unpaired) electrons. The van der Waals surface area contributed by atoms with Crippen LogP contribution in [0.5, 0.6) is 0 Å². The van der Waals surface area contributed by atoms with Crippen LogP contribution in [0.2, 0.25) is 0 Å². The number of fused-ring (bicyclic) bond motifs is 3. The quantitative estimate of drug-likeness (QED) is 0.542. The van der Waals surface area contributed by atoms with Gasteiger partial charge in [-0.1, -0.05) is 18.2 Å². The van der Waals surface area contributed by atoms with E-state index >= 15 is 0 Å². The molecular weight excluding hydrogens is 532 g/mol. The third kappa shape index (κ3) is 5.76. The first-order valence-electron chi connectivity index (χ1n) is 14.3. The number of pyridine rings is 1. The molecular formula is C29H40N4O6S. The van der Waals surface area contributed by atoms with E-state index in [4.69, 9.17) is 4.74 Å². The van der Waals surface area contributed by atoms with Gasteiger partial charge >= 0.3 is 6.09 Å². The number of hydrogen-bond acceptors (Lipinski definition) is 7. The molecule has 3 atom stereocenters. The van der Waals surface area contributed by atoms with E-state index in [1.165, 1.54) is 7.11 Å². The number of para-hydroxylation sites is 1. The van der Waals surface area contributed by atoms with E-state index < -0.39 is 15.9 Å². The molecule has 10 nitrogen and oxygen atoms in total. The summed E-state index contributed by atoms with van der Waals surface area (Å²) < 4.78 is 30.5. The van der Waals surface area contributed by atoms with E-state index in [0.29, 0.717) is 25.9 Å². The van der Waals surface area contributed by atoms with Gasteiger partial charge in [0.1, 0.15) is 15.4 Å². The van der Waals surface area contributed by atoms with Gasteiger partial charge in [0, 0.05) is 43.3 Å². The number of hydrogen-bond donors (Lipinski definition) is 1. The molecule has 0 aliphatic carbocycles. The minimum Gasteiger partial charge on any atom is -0.453 e. The maximum Gasteiger partial charge on any atom is 0.409 e. The number of aromatic nitrogens is 1. The highest BCUT2D eigenvalue weighted by atomic mass is 32.2. The number of rotatable bonds is 7. The van der Waals surface area contributed by atoms with Crippen LogP contribution in [0.3, 0.4) is 0 Å². The molecule has 1 unspecified atom stereocenters. The van der Waals surface area contributed by atoms with E-state index in [1.807, 2.05) is 38.1 Å². The Balaban J connectivity index is 1.24.